The number of ether oxygens (including phenoxy) is 1. The van der Waals surface area contributed by atoms with E-state index in [-0.39, 0.29) is 0 Å². The zero-order chi connectivity index (χ0) is 14.0. The van der Waals surface area contributed by atoms with Gasteiger partial charge in [-0.25, -0.2) is 9.52 Å². The smallest absolute Gasteiger partial charge is 0.422 e. The van der Waals surface area contributed by atoms with Gasteiger partial charge < -0.3 is 10.5 Å². The Hall–Kier alpha value is -1.96. The van der Waals surface area contributed by atoms with Crippen molar-refractivity contribution in [1.82, 2.24) is 4.72 Å². The van der Waals surface area contributed by atoms with E-state index in [1.54, 1.807) is 18.2 Å². The van der Waals surface area contributed by atoms with Crippen molar-refractivity contribution in [3.05, 3.63) is 23.8 Å². The van der Waals surface area contributed by atoms with Gasteiger partial charge in [-0.3, -0.25) is 4.31 Å². The minimum absolute atomic E-state index is 0.294. The molecule has 8 heteroatoms. The lowest BCUT2D eigenvalue weighted by Gasteiger charge is -2.30. The maximum absolute atomic E-state index is 12.1. The highest BCUT2D eigenvalue weighted by atomic mass is 32.2. The molecule has 19 heavy (non-hydrogen) atoms. The number of nitrogens with zero attached hydrogens (tertiary/aromatic N) is 1. The third-order valence-corrected chi connectivity index (χ3v) is 4.26. The monoisotopic (exact) mass is 285 g/mol. The summed E-state index contributed by atoms with van der Waals surface area (Å²) in [5, 5.41) is 0. The van der Waals surface area contributed by atoms with Crippen LogP contribution < -0.4 is 14.8 Å². The van der Waals surface area contributed by atoms with Crippen molar-refractivity contribution >= 4 is 27.7 Å². The Morgan fingerprint density at radius 3 is 2.89 bits per heavy atom. The lowest BCUT2D eigenvalue weighted by molar-refractivity contribution is 0.177. The zero-order valence-electron chi connectivity index (χ0n) is 10.4. The lowest BCUT2D eigenvalue weighted by Crippen LogP contribution is -2.45. The first-order valence-corrected chi connectivity index (χ1v) is 7.15. The predicted octanol–water partition coefficient (Wildman–Crippen LogP) is 0.622. The summed E-state index contributed by atoms with van der Waals surface area (Å²) in [6.45, 7) is 0.294. The molecule has 7 nitrogen and oxygen atoms in total. The van der Waals surface area contributed by atoms with Crippen molar-refractivity contribution in [2.75, 3.05) is 23.7 Å². The van der Waals surface area contributed by atoms with E-state index in [0.717, 1.165) is 23.4 Å². The number of amides is 1. The van der Waals surface area contributed by atoms with Crippen LogP contribution in [0.1, 0.15) is 12.0 Å². The van der Waals surface area contributed by atoms with Crippen molar-refractivity contribution in [2.24, 2.45) is 0 Å². The number of rotatable bonds is 2. The summed E-state index contributed by atoms with van der Waals surface area (Å²) < 4.78 is 31.5. The molecule has 1 amide bonds. The molecule has 3 N–H and O–H groups in total. The van der Waals surface area contributed by atoms with Crippen molar-refractivity contribution in [3.8, 4) is 0 Å². The number of hydrogen-bond acceptors (Lipinski definition) is 5. The van der Waals surface area contributed by atoms with Gasteiger partial charge in [0.2, 0.25) is 0 Å². The van der Waals surface area contributed by atoms with Gasteiger partial charge in [-0.2, -0.15) is 8.42 Å². The van der Waals surface area contributed by atoms with Crippen LogP contribution in [0.2, 0.25) is 0 Å². The Labute approximate surface area is 111 Å². The van der Waals surface area contributed by atoms with Gasteiger partial charge >= 0.3 is 16.3 Å². The van der Waals surface area contributed by atoms with Crippen LogP contribution in [0.25, 0.3) is 0 Å². The molecule has 1 aliphatic heterocycles. The molecule has 1 aromatic carbocycles. The van der Waals surface area contributed by atoms with Crippen LogP contribution in [0.5, 0.6) is 0 Å². The second-order valence-electron chi connectivity index (χ2n) is 4.16. The average Bonchev–Trinajstić information content (AvgIpc) is 2.37. The molecule has 0 saturated heterocycles. The minimum atomic E-state index is -3.97. The molecule has 104 valence electrons. The zero-order valence-corrected chi connectivity index (χ0v) is 11.2. The summed E-state index contributed by atoms with van der Waals surface area (Å²) in [6, 6.07) is 5.11. The van der Waals surface area contributed by atoms with Crippen molar-refractivity contribution in [3.63, 3.8) is 0 Å². The molecule has 0 atom stereocenters. The summed E-state index contributed by atoms with van der Waals surface area (Å²) >= 11 is 0. The molecule has 1 heterocycles. The van der Waals surface area contributed by atoms with Crippen LogP contribution in [0.4, 0.5) is 16.2 Å². The topological polar surface area (TPSA) is 102 Å². The molecule has 0 saturated carbocycles. The van der Waals surface area contributed by atoms with E-state index in [1.165, 1.54) is 0 Å². The Morgan fingerprint density at radius 1 is 1.47 bits per heavy atom. The van der Waals surface area contributed by atoms with E-state index in [2.05, 4.69) is 4.74 Å². The molecule has 0 radical (unpaired) electrons. The third-order valence-electron chi connectivity index (χ3n) is 2.87. The number of nitrogen functional groups attached to an aromatic ring is 1. The summed E-state index contributed by atoms with van der Waals surface area (Å²) in [4.78, 5) is 11.1. The highest BCUT2D eigenvalue weighted by Gasteiger charge is 2.29. The predicted molar refractivity (Wildman–Crippen MR) is 71.0 cm³/mol. The van der Waals surface area contributed by atoms with Gasteiger partial charge in [-0.05, 0) is 30.5 Å². The molecule has 0 fully saturated rings. The largest absolute Gasteiger partial charge is 0.452 e. The molecule has 0 aromatic heterocycles. The fraction of sp³-hybridized carbons (Fsp3) is 0.364. The Bertz CT molecular complexity index is 600. The van der Waals surface area contributed by atoms with Gasteiger partial charge in [-0.15, -0.1) is 0 Å². The van der Waals surface area contributed by atoms with Crippen molar-refractivity contribution < 1.29 is 17.9 Å². The highest BCUT2D eigenvalue weighted by molar-refractivity contribution is 7.91. The maximum Gasteiger partial charge on any atom is 0.422 e. The normalized spacial score (nSPS) is 14.7. The van der Waals surface area contributed by atoms with Crippen LogP contribution in [0, 0.1) is 0 Å². The summed E-state index contributed by atoms with van der Waals surface area (Å²) in [6.07, 6.45) is 0.440. The molecule has 0 spiro atoms. The molecular weight excluding hydrogens is 270 g/mol. The van der Waals surface area contributed by atoms with E-state index in [1.807, 2.05) is 4.72 Å². The van der Waals surface area contributed by atoms with Gasteiger partial charge in [0, 0.05) is 12.2 Å². The number of nitrogens with two attached hydrogens (primary N) is 1. The molecule has 0 aliphatic carbocycles. The number of carbonyl (C=O) groups excluding carboxylic acids is 1. The van der Waals surface area contributed by atoms with E-state index in [0.29, 0.717) is 24.3 Å². The van der Waals surface area contributed by atoms with E-state index in [9.17, 15) is 13.2 Å². The molecule has 1 aromatic rings. The van der Waals surface area contributed by atoms with Crippen molar-refractivity contribution in [2.45, 2.75) is 12.8 Å². The number of benzene rings is 1. The third kappa shape index (κ3) is 2.73. The number of anilines is 2. The Kier molecular flexibility index (Phi) is 3.52. The van der Waals surface area contributed by atoms with Crippen LogP contribution >= 0.6 is 0 Å². The van der Waals surface area contributed by atoms with Gasteiger partial charge in [0.15, 0.2) is 0 Å². The standard InChI is InChI=1S/C11H15N3O4S/c1-18-11(15)13-19(16,17)14-6-2-3-8-4-5-9(12)7-10(8)14/h4-5,7H,2-3,6,12H2,1H3,(H,13,15). The number of fused-ring (bicyclic) bond motifs is 1. The molecule has 0 bridgehead atoms. The van der Waals surface area contributed by atoms with Gasteiger partial charge in [0.1, 0.15) is 0 Å². The summed E-state index contributed by atoms with van der Waals surface area (Å²) in [5.74, 6) is 0. The number of nitrogens with one attached hydrogen (secondary N) is 1. The Morgan fingerprint density at radius 2 is 2.21 bits per heavy atom. The summed E-state index contributed by atoms with van der Waals surface area (Å²) in [7, 11) is -2.87. The molecular formula is C11H15N3O4S. The lowest BCUT2D eigenvalue weighted by atomic mass is 10.0. The van der Waals surface area contributed by atoms with Crippen LogP contribution in [-0.4, -0.2) is 28.2 Å². The second-order valence-corrected chi connectivity index (χ2v) is 5.76. The first-order valence-electron chi connectivity index (χ1n) is 5.71. The fourth-order valence-electron chi connectivity index (χ4n) is 2.01. The van der Waals surface area contributed by atoms with Gasteiger partial charge in [0.05, 0.1) is 12.8 Å². The first-order chi connectivity index (χ1) is 8.94. The number of carbonyl (C=O) groups is 1. The first kappa shape index (κ1) is 13.5. The number of aryl methyl sites for hydroxylation is 1. The number of methoxy groups -OCH3 is 1. The van der Waals surface area contributed by atoms with E-state index in [4.69, 9.17) is 5.73 Å². The van der Waals surface area contributed by atoms with Gasteiger partial charge in [-0.1, -0.05) is 6.07 Å². The Balaban J connectivity index is 2.38. The van der Waals surface area contributed by atoms with Crippen molar-refractivity contribution in [1.29, 1.82) is 0 Å². The molecule has 0 unspecified atom stereocenters. The number of hydrogen-bond donors (Lipinski definition) is 2. The van der Waals surface area contributed by atoms with Gasteiger partial charge in [0.25, 0.3) is 0 Å². The van der Waals surface area contributed by atoms with Crippen LogP contribution in [0.15, 0.2) is 18.2 Å². The SMILES string of the molecule is COC(=O)NS(=O)(=O)N1CCCc2ccc(N)cc21. The summed E-state index contributed by atoms with van der Waals surface area (Å²) in [5.41, 5.74) is 7.54. The second kappa shape index (κ2) is 4.96. The van der Waals surface area contributed by atoms with E-state index >= 15 is 0 Å². The fourth-order valence-corrected chi connectivity index (χ4v) is 3.21. The minimum Gasteiger partial charge on any atom is -0.452 e. The van der Waals surface area contributed by atoms with E-state index < -0.39 is 16.3 Å². The maximum atomic E-state index is 12.1. The molecule has 1 aliphatic rings. The highest BCUT2D eigenvalue weighted by Crippen LogP contribution is 2.30. The quantitative estimate of drug-likeness (QED) is 0.776. The average molecular weight is 285 g/mol. The molecule has 2 rings (SSSR count). The van der Waals surface area contributed by atoms with Crippen LogP contribution in [0.3, 0.4) is 0 Å². The van der Waals surface area contributed by atoms with Crippen LogP contribution in [-0.2, 0) is 21.4 Å².